The number of carboxylic acids is 1. The van der Waals surface area contributed by atoms with Crippen molar-refractivity contribution in [2.75, 3.05) is 13.4 Å². The van der Waals surface area contributed by atoms with Gasteiger partial charge in [0, 0.05) is 5.56 Å². The van der Waals surface area contributed by atoms with Crippen LogP contribution in [0.3, 0.4) is 0 Å². The Morgan fingerprint density at radius 3 is 2.79 bits per heavy atom. The average Bonchev–Trinajstić information content (AvgIpc) is 3.06. The molecule has 0 radical (unpaired) electrons. The molecule has 1 heterocycles. The lowest BCUT2D eigenvalue weighted by atomic mass is 10.1. The summed E-state index contributed by atoms with van der Waals surface area (Å²) in [4.78, 5) is 22.7. The van der Waals surface area contributed by atoms with Crippen LogP contribution in [0.2, 0.25) is 0 Å². The third kappa shape index (κ3) is 3.73. The molecule has 6 nitrogen and oxygen atoms in total. The number of benzene rings is 2. The predicted octanol–water partition coefficient (Wildman–Crippen LogP) is 2.77. The van der Waals surface area contributed by atoms with Gasteiger partial charge in [-0.2, -0.15) is 0 Å². The first-order valence-electron chi connectivity index (χ1n) is 7.18. The van der Waals surface area contributed by atoms with E-state index < -0.39 is 12.6 Å². The van der Waals surface area contributed by atoms with Crippen molar-refractivity contribution in [2.45, 2.75) is 0 Å². The van der Waals surface area contributed by atoms with E-state index >= 15 is 0 Å². The summed E-state index contributed by atoms with van der Waals surface area (Å²) in [7, 11) is 0. The molecule has 122 valence electrons. The lowest BCUT2D eigenvalue weighted by Crippen LogP contribution is -2.09. The second kappa shape index (κ2) is 6.87. The summed E-state index contributed by atoms with van der Waals surface area (Å²) in [5.41, 5.74) is 1.22. The molecule has 0 spiro atoms. The predicted molar refractivity (Wildman–Crippen MR) is 85.5 cm³/mol. The van der Waals surface area contributed by atoms with Gasteiger partial charge in [-0.3, -0.25) is 4.79 Å². The Labute approximate surface area is 137 Å². The third-order valence-electron chi connectivity index (χ3n) is 3.30. The molecular formula is C18H14O6. The van der Waals surface area contributed by atoms with Gasteiger partial charge in [-0.15, -0.1) is 0 Å². The largest absolute Gasteiger partial charge is 0.482 e. The first-order valence-corrected chi connectivity index (χ1v) is 7.18. The smallest absolute Gasteiger partial charge is 0.341 e. The quantitative estimate of drug-likeness (QED) is 0.649. The highest BCUT2D eigenvalue weighted by Gasteiger charge is 2.12. The molecule has 0 atom stereocenters. The number of carbonyl (C=O) groups is 2. The molecule has 0 bridgehead atoms. The van der Waals surface area contributed by atoms with Gasteiger partial charge in [-0.25, -0.2) is 4.79 Å². The van der Waals surface area contributed by atoms with Gasteiger partial charge in [-0.05, 0) is 35.9 Å². The standard InChI is InChI=1S/C18H14O6/c19-15(13-2-1-3-14(9-13)22-10-18(20)21)6-4-12-5-7-16-17(8-12)24-11-23-16/h1-9H,10-11H2,(H,20,21)/b6-4+. The molecule has 0 fully saturated rings. The van der Waals surface area contributed by atoms with Crippen molar-refractivity contribution >= 4 is 17.8 Å². The van der Waals surface area contributed by atoms with Crippen LogP contribution in [-0.4, -0.2) is 30.3 Å². The minimum Gasteiger partial charge on any atom is -0.482 e. The molecular weight excluding hydrogens is 312 g/mol. The molecule has 2 aromatic carbocycles. The molecule has 6 heteroatoms. The van der Waals surface area contributed by atoms with Crippen molar-refractivity contribution in [2.24, 2.45) is 0 Å². The number of rotatable bonds is 6. The molecule has 0 amide bonds. The fourth-order valence-corrected chi connectivity index (χ4v) is 2.17. The number of carboxylic acid groups (broad SMARTS) is 1. The Morgan fingerprint density at radius 2 is 1.96 bits per heavy atom. The van der Waals surface area contributed by atoms with Crippen LogP contribution in [-0.2, 0) is 4.79 Å². The molecule has 2 aromatic rings. The summed E-state index contributed by atoms with van der Waals surface area (Å²) < 4.78 is 15.6. The molecule has 1 N–H and O–H groups in total. The lowest BCUT2D eigenvalue weighted by molar-refractivity contribution is -0.139. The maximum Gasteiger partial charge on any atom is 0.341 e. The fraction of sp³-hybridized carbons (Fsp3) is 0.111. The Bertz CT molecular complexity index is 809. The summed E-state index contributed by atoms with van der Waals surface area (Å²) in [6, 6.07) is 11.8. The summed E-state index contributed by atoms with van der Waals surface area (Å²) in [5.74, 6) is 0.373. The van der Waals surface area contributed by atoms with Crippen LogP contribution in [0.4, 0.5) is 0 Å². The zero-order valence-corrected chi connectivity index (χ0v) is 12.6. The molecule has 1 aliphatic heterocycles. The van der Waals surface area contributed by atoms with Crippen LogP contribution in [0, 0.1) is 0 Å². The van der Waals surface area contributed by atoms with Gasteiger partial charge in [0.1, 0.15) is 5.75 Å². The van der Waals surface area contributed by atoms with Crippen LogP contribution < -0.4 is 14.2 Å². The van der Waals surface area contributed by atoms with Crippen LogP contribution in [0.5, 0.6) is 17.2 Å². The number of ether oxygens (including phenoxy) is 3. The van der Waals surface area contributed by atoms with Crippen LogP contribution in [0.15, 0.2) is 48.5 Å². The highest BCUT2D eigenvalue weighted by atomic mass is 16.7. The first-order chi connectivity index (χ1) is 11.6. The van der Waals surface area contributed by atoms with Gasteiger partial charge in [0.25, 0.3) is 0 Å². The topological polar surface area (TPSA) is 82.1 Å². The van der Waals surface area contributed by atoms with Crippen LogP contribution in [0.1, 0.15) is 15.9 Å². The van der Waals surface area contributed by atoms with E-state index in [0.717, 1.165) is 5.56 Å². The maximum absolute atomic E-state index is 12.2. The van der Waals surface area contributed by atoms with Crippen molar-refractivity contribution < 1.29 is 28.9 Å². The van der Waals surface area contributed by atoms with E-state index in [1.165, 1.54) is 12.1 Å². The number of ketones is 1. The number of hydrogen-bond donors (Lipinski definition) is 1. The van der Waals surface area contributed by atoms with Gasteiger partial charge in [0.15, 0.2) is 23.9 Å². The molecule has 0 unspecified atom stereocenters. The van der Waals surface area contributed by atoms with Gasteiger partial charge < -0.3 is 19.3 Å². The van der Waals surface area contributed by atoms with E-state index in [9.17, 15) is 9.59 Å². The normalized spacial score (nSPS) is 12.3. The Hall–Kier alpha value is -3.28. The first kappa shape index (κ1) is 15.6. The molecule has 0 aromatic heterocycles. The summed E-state index contributed by atoms with van der Waals surface area (Å²) in [5, 5.41) is 8.61. The summed E-state index contributed by atoms with van der Waals surface area (Å²) in [6.45, 7) is -0.255. The maximum atomic E-state index is 12.2. The fourth-order valence-electron chi connectivity index (χ4n) is 2.17. The van der Waals surface area contributed by atoms with Crippen LogP contribution in [0.25, 0.3) is 6.08 Å². The van der Waals surface area contributed by atoms with Crippen molar-refractivity contribution in [3.05, 3.63) is 59.7 Å². The number of allylic oxidation sites excluding steroid dienone is 1. The minimum absolute atomic E-state index is 0.199. The average molecular weight is 326 g/mol. The molecule has 0 saturated heterocycles. The third-order valence-corrected chi connectivity index (χ3v) is 3.30. The van der Waals surface area contributed by atoms with E-state index in [4.69, 9.17) is 19.3 Å². The van der Waals surface area contributed by atoms with Crippen molar-refractivity contribution in [1.82, 2.24) is 0 Å². The monoisotopic (exact) mass is 326 g/mol. The van der Waals surface area contributed by atoms with Gasteiger partial charge in [-0.1, -0.05) is 24.3 Å². The molecule has 24 heavy (non-hydrogen) atoms. The second-order valence-corrected chi connectivity index (χ2v) is 5.02. The number of aliphatic carboxylic acids is 1. The Balaban J connectivity index is 1.70. The second-order valence-electron chi connectivity index (χ2n) is 5.02. The molecule has 3 rings (SSSR count). The highest BCUT2D eigenvalue weighted by molar-refractivity contribution is 6.07. The Kier molecular flexibility index (Phi) is 4.47. The van der Waals surface area contributed by atoms with E-state index in [1.807, 2.05) is 6.07 Å². The number of carbonyl (C=O) groups excluding carboxylic acids is 1. The SMILES string of the molecule is O=C(O)COc1cccc(C(=O)/C=C/c2ccc3c(c2)OCO3)c1. The van der Waals surface area contributed by atoms with Gasteiger partial charge >= 0.3 is 5.97 Å². The zero-order valence-electron chi connectivity index (χ0n) is 12.6. The van der Waals surface area contributed by atoms with Crippen molar-refractivity contribution in [3.8, 4) is 17.2 Å². The summed E-state index contributed by atoms with van der Waals surface area (Å²) in [6.07, 6.45) is 3.11. The van der Waals surface area contributed by atoms with E-state index in [-0.39, 0.29) is 12.6 Å². The lowest BCUT2D eigenvalue weighted by Gasteiger charge is -2.04. The molecule has 0 aliphatic carbocycles. The van der Waals surface area contributed by atoms with Crippen LogP contribution >= 0.6 is 0 Å². The van der Waals surface area contributed by atoms with Gasteiger partial charge in [0.2, 0.25) is 6.79 Å². The van der Waals surface area contributed by atoms with Gasteiger partial charge in [0.05, 0.1) is 0 Å². The van der Waals surface area contributed by atoms with E-state index in [1.54, 1.807) is 36.4 Å². The van der Waals surface area contributed by atoms with Crippen molar-refractivity contribution in [3.63, 3.8) is 0 Å². The highest BCUT2D eigenvalue weighted by Crippen LogP contribution is 2.32. The minimum atomic E-state index is -1.07. The number of fused-ring (bicyclic) bond motifs is 1. The summed E-state index contributed by atoms with van der Waals surface area (Å²) >= 11 is 0. The zero-order chi connectivity index (χ0) is 16.9. The number of hydrogen-bond acceptors (Lipinski definition) is 5. The van der Waals surface area contributed by atoms with Crippen molar-refractivity contribution in [1.29, 1.82) is 0 Å². The molecule has 1 aliphatic rings. The van der Waals surface area contributed by atoms with E-state index in [0.29, 0.717) is 22.8 Å². The van der Waals surface area contributed by atoms with E-state index in [2.05, 4.69) is 0 Å². The molecule has 0 saturated carbocycles. The Morgan fingerprint density at radius 1 is 1.12 bits per heavy atom.